The van der Waals surface area contributed by atoms with E-state index in [2.05, 4.69) is 0 Å². The van der Waals surface area contributed by atoms with Gasteiger partial charge in [-0.1, -0.05) is 73.7 Å². The van der Waals surface area contributed by atoms with E-state index in [9.17, 15) is 14.4 Å². The van der Waals surface area contributed by atoms with Crippen LogP contribution in [0, 0.1) is 5.92 Å². The van der Waals surface area contributed by atoms with Gasteiger partial charge in [-0.25, -0.2) is 14.5 Å². The Kier molecular flexibility index (Phi) is 8.56. The first kappa shape index (κ1) is 25.9. The van der Waals surface area contributed by atoms with E-state index in [4.69, 9.17) is 14.2 Å². The van der Waals surface area contributed by atoms with Crippen LogP contribution in [-0.2, 0) is 33.7 Å². The minimum atomic E-state index is -0.607. The molecule has 0 aromatic heterocycles. The zero-order chi connectivity index (χ0) is 26.2. The van der Waals surface area contributed by atoms with Crippen molar-refractivity contribution in [2.24, 2.45) is 5.92 Å². The molecule has 1 saturated heterocycles. The molecule has 0 radical (unpaired) electrons. The standard InChI is InChI=1S/C30H31NO6/c1-3-24(28(32)31-25(20-37-30(31)34)17-21-10-6-4-7-11-21)16-23-14-15-27(35-2)26(18-23)29(33)36-19-22-12-8-5-9-13-22/h4-15,18,24-25H,3,16-17,19-20H2,1-2H3/t24-,25?/m0/s1. The molecule has 0 spiro atoms. The fraction of sp³-hybridized carbons (Fsp3) is 0.300. The highest BCUT2D eigenvalue weighted by Gasteiger charge is 2.40. The van der Waals surface area contributed by atoms with E-state index in [1.54, 1.807) is 12.1 Å². The summed E-state index contributed by atoms with van der Waals surface area (Å²) in [5.74, 6) is -0.833. The van der Waals surface area contributed by atoms with E-state index in [0.717, 1.165) is 16.7 Å². The molecular formula is C30H31NO6. The second-order valence-electron chi connectivity index (χ2n) is 9.03. The van der Waals surface area contributed by atoms with Crippen molar-refractivity contribution >= 4 is 18.0 Å². The van der Waals surface area contributed by atoms with Crippen LogP contribution in [-0.4, -0.2) is 42.6 Å². The first-order chi connectivity index (χ1) is 18.0. The number of esters is 1. The average Bonchev–Trinajstić information content (AvgIpc) is 3.30. The number of benzene rings is 3. The van der Waals surface area contributed by atoms with Crippen LogP contribution in [0.15, 0.2) is 78.9 Å². The molecular weight excluding hydrogens is 470 g/mol. The van der Waals surface area contributed by atoms with Gasteiger partial charge in [-0.2, -0.15) is 0 Å². The molecule has 37 heavy (non-hydrogen) atoms. The Morgan fingerprint density at radius 1 is 0.973 bits per heavy atom. The Hall–Kier alpha value is -4.13. The molecule has 192 valence electrons. The predicted molar refractivity (Wildman–Crippen MR) is 138 cm³/mol. The van der Waals surface area contributed by atoms with Crippen molar-refractivity contribution < 1.29 is 28.6 Å². The quantitative estimate of drug-likeness (QED) is 0.355. The van der Waals surface area contributed by atoms with Crippen molar-refractivity contribution in [3.8, 4) is 5.75 Å². The second-order valence-corrected chi connectivity index (χ2v) is 9.03. The number of cyclic esters (lactones) is 1. The first-order valence-corrected chi connectivity index (χ1v) is 12.4. The molecule has 7 nitrogen and oxygen atoms in total. The van der Waals surface area contributed by atoms with Crippen molar-refractivity contribution in [2.75, 3.05) is 13.7 Å². The first-order valence-electron chi connectivity index (χ1n) is 12.4. The molecule has 3 aromatic carbocycles. The average molecular weight is 502 g/mol. The number of hydrogen-bond donors (Lipinski definition) is 0. The van der Waals surface area contributed by atoms with Crippen LogP contribution >= 0.6 is 0 Å². The zero-order valence-electron chi connectivity index (χ0n) is 21.1. The minimum absolute atomic E-state index is 0.142. The molecule has 1 aliphatic rings. The van der Waals surface area contributed by atoms with Gasteiger partial charge in [0.25, 0.3) is 0 Å². The number of imide groups is 1. The molecule has 7 heteroatoms. The molecule has 2 atom stereocenters. The number of methoxy groups -OCH3 is 1. The minimum Gasteiger partial charge on any atom is -0.496 e. The van der Waals surface area contributed by atoms with Crippen molar-refractivity contribution in [3.63, 3.8) is 0 Å². The van der Waals surface area contributed by atoms with Gasteiger partial charge in [0, 0.05) is 5.92 Å². The summed E-state index contributed by atoms with van der Waals surface area (Å²) in [6.45, 7) is 2.23. The number of carbonyl (C=O) groups excluding carboxylic acids is 3. The summed E-state index contributed by atoms with van der Waals surface area (Å²) >= 11 is 0. The van der Waals surface area contributed by atoms with Crippen LogP contribution in [0.4, 0.5) is 4.79 Å². The number of carbonyl (C=O) groups is 3. The maximum absolute atomic E-state index is 13.5. The summed E-state index contributed by atoms with van der Waals surface area (Å²) in [5.41, 5.74) is 2.98. The van der Waals surface area contributed by atoms with Gasteiger partial charge in [-0.05, 0) is 48.1 Å². The van der Waals surface area contributed by atoms with Gasteiger partial charge in [0.2, 0.25) is 5.91 Å². The predicted octanol–water partition coefficient (Wildman–Crippen LogP) is 5.21. The van der Waals surface area contributed by atoms with E-state index in [0.29, 0.717) is 30.6 Å². The highest BCUT2D eigenvalue weighted by atomic mass is 16.6. The molecule has 1 heterocycles. The Bertz CT molecular complexity index is 1230. The fourth-order valence-corrected chi connectivity index (χ4v) is 4.50. The molecule has 1 fully saturated rings. The van der Waals surface area contributed by atoms with E-state index < -0.39 is 18.0 Å². The molecule has 2 amide bonds. The van der Waals surface area contributed by atoms with E-state index >= 15 is 0 Å². The normalized spacial score (nSPS) is 15.7. The monoisotopic (exact) mass is 501 g/mol. The maximum atomic E-state index is 13.5. The van der Waals surface area contributed by atoms with Gasteiger partial charge < -0.3 is 14.2 Å². The van der Waals surface area contributed by atoms with Crippen molar-refractivity contribution in [1.29, 1.82) is 0 Å². The highest BCUT2D eigenvalue weighted by Crippen LogP contribution is 2.26. The van der Waals surface area contributed by atoms with Crippen molar-refractivity contribution in [1.82, 2.24) is 4.90 Å². The Morgan fingerprint density at radius 3 is 2.30 bits per heavy atom. The van der Waals surface area contributed by atoms with Crippen LogP contribution in [0.25, 0.3) is 0 Å². The van der Waals surface area contributed by atoms with Gasteiger partial charge in [-0.3, -0.25) is 4.79 Å². The number of ether oxygens (including phenoxy) is 3. The summed E-state index contributed by atoms with van der Waals surface area (Å²) in [6.07, 6.45) is 0.819. The Balaban J connectivity index is 1.48. The molecule has 1 aliphatic heterocycles. The third-order valence-electron chi connectivity index (χ3n) is 6.53. The number of amides is 2. The SMILES string of the molecule is CC[C@@H](Cc1ccc(OC)c(C(=O)OCc2ccccc2)c1)C(=O)N1C(=O)OCC1Cc1ccccc1. The Labute approximate surface area is 217 Å². The van der Waals surface area contributed by atoms with Crippen LogP contribution in [0.3, 0.4) is 0 Å². The van der Waals surface area contributed by atoms with Gasteiger partial charge in [0.05, 0.1) is 13.2 Å². The topological polar surface area (TPSA) is 82.1 Å². The lowest BCUT2D eigenvalue weighted by Gasteiger charge is -2.24. The largest absolute Gasteiger partial charge is 0.496 e. The van der Waals surface area contributed by atoms with Crippen LogP contribution in [0.2, 0.25) is 0 Å². The third-order valence-corrected chi connectivity index (χ3v) is 6.53. The molecule has 0 bridgehead atoms. The molecule has 3 aromatic rings. The van der Waals surface area contributed by atoms with Gasteiger partial charge in [0.15, 0.2) is 0 Å². The van der Waals surface area contributed by atoms with Gasteiger partial charge in [0.1, 0.15) is 24.5 Å². The molecule has 0 N–H and O–H groups in total. The summed E-state index contributed by atoms with van der Waals surface area (Å²) in [5, 5.41) is 0. The lowest BCUT2D eigenvalue weighted by molar-refractivity contribution is -0.133. The van der Waals surface area contributed by atoms with Crippen LogP contribution in [0.1, 0.15) is 40.4 Å². The maximum Gasteiger partial charge on any atom is 0.416 e. The molecule has 0 aliphatic carbocycles. The van der Waals surface area contributed by atoms with Crippen LogP contribution < -0.4 is 4.74 Å². The lowest BCUT2D eigenvalue weighted by Crippen LogP contribution is -2.44. The molecule has 4 rings (SSSR count). The van der Waals surface area contributed by atoms with Crippen molar-refractivity contribution in [3.05, 3.63) is 101 Å². The van der Waals surface area contributed by atoms with E-state index in [-0.39, 0.29) is 25.2 Å². The van der Waals surface area contributed by atoms with Gasteiger partial charge >= 0.3 is 12.1 Å². The molecule has 1 unspecified atom stereocenters. The van der Waals surface area contributed by atoms with Crippen molar-refractivity contribution in [2.45, 2.75) is 38.8 Å². The number of hydrogen-bond acceptors (Lipinski definition) is 6. The summed E-state index contributed by atoms with van der Waals surface area (Å²) in [6, 6.07) is 24.0. The van der Waals surface area contributed by atoms with E-state index in [1.807, 2.05) is 73.7 Å². The zero-order valence-corrected chi connectivity index (χ0v) is 21.1. The van der Waals surface area contributed by atoms with E-state index in [1.165, 1.54) is 12.0 Å². The van der Waals surface area contributed by atoms with Crippen LogP contribution in [0.5, 0.6) is 5.75 Å². The highest BCUT2D eigenvalue weighted by molar-refractivity contribution is 5.95. The second kappa shape index (κ2) is 12.2. The summed E-state index contributed by atoms with van der Waals surface area (Å²) < 4.78 is 16.1. The summed E-state index contributed by atoms with van der Waals surface area (Å²) in [7, 11) is 1.49. The number of rotatable bonds is 10. The Morgan fingerprint density at radius 2 is 1.65 bits per heavy atom. The molecule has 0 saturated carbocycles. The fourth-order valence-electron chi connectivity index (χ4n) is 4.50. The number of nitrogens with zero attached hydrogens (tertiary/aromatic N) is 1. The summed E-state index contributed by atoms with van der Waals surface area (Å²) in [4.78, 5) is 40.1. The third kappa shape index (κ3) is 6.36. The van der Waals surface area contributed by atoms with Gasteiger partial charge in [-0.15, -0.1) is 0 Å². The smallest absolute Gasteiger partial charge is 0.416 e. The lowest BCUT2D eigenvalue weighted by atomic mass is 9.93.